The van der Waals surface area contributed by atoms with Crippen LogP contribution in [0.1, 0.15) is 16.8 Å². The van der Waals surface area contributed by atoms with E-state index in [-0.39, 0.29) is 12.2 Å². The van der Waals surface area contributed by atoms with Gasteiger partial charge in [0.1, 0.15) is 11.6 Å². The molecule has 1 saturated heterocycles. The highest BCUT2D eigenvalue weighted by Gasteiger charge is 2.27. The lowest BCUT2D eigenvalue weighted by atomic mass is 10.0. The second-order valence-electron chi connectivity index (χ2n) is 7.83. The predicted octanol–water partition coefficient (Wildman–Crippen LogP) is 3.92. The Kier molecular flexibility index (Phi) is 6.46. The minimum atomic E-state index is -3.25. The van der Waals surface area contributed by atoms with Crippen molar-refractivity contribution in [3.05, 3.63) is 76.2 Å². The Bertz CT molecular complexity index is 1210. The monoisotopic (exact) mass is 474 g/mol. The molecule has 2 heterocycles. The molecule has 9 heteroatoms. The second kappa shape index (κ2) is 9.13. The first-order chi connectivity index (χ1) is 15.2. The standard InChI is InChI=1S/C23H24ClFN4O2S/c1-16-18(15-19-20(24)9-6-10-21(19)25)23(27-22(26-16)17-7-4-3-5-8-17)28-11-13-29(14-12-28)32(2,30)31/h3-10H,11-15H2,1-2H3. The molecule has 32 heavy (non-hydrogen) atoms. The Morgan fingerprint density at radius 1 is 0.969 bits per heavy atom. The van der Waals surface area contributed by atoms with Crippen LogP contribution in [0.4, 0.5) is 10.2 Å². The normalized spacial score (nSPS) is 15.2. The van der Waals surface area contributed by atoms with E-state index in [0.29, 0.717) is 48.4 Å². The highest BCUT2D eigenvalue weighted by molar-refractivity contribution is 7.88. The number of benzene rings is 2. The summed E-state index contributed by atoms with van der Waals surface area (Å²) in [5.74, 6) is 0.882. The molecule has 0 bridgehead atoms. The van der Waals surface area contributed by atoms with Crippen molar-refractivity contribution in [1.82, 2.24) is 14.3 Å². The van der Waals surface area contributed by atoms with Gasteiger partial charge in [-0.2, -0.15) is 4.31 Å². The SMILES string of the molecule is Cc1nc(-c2ccccc2)nc(N2CCN(S(C)(=O)=O)CC2)c1Cc1c(F)cccc1Cl. The van der Waals surface area contributed by atoms with E-state index < -0.39 is 10.0 Å². The van der Waals surface area contributed by atoms with Crippen LogP contribution >= 0.6 is 11.6 Å². The summed E-state index contributed by atoms with van der Waals surface area (Å²) in [7, 11) is -3.25. The van der Waals surface area contributed by atoms with Gasteiger partial charge in [0.2, 0.25) is 10.0 Å². The first-order valence-electron chi connectivity index (χ1n) is 10.3. The van der Waals surface area contributed by atoms with Crippen molar-refractivity contribution in [3.8, 4) is 11.4 Å². The lowest BCUT2D eigenvalue weighted by Crippen LogP contribution is -2.49. The number of aromatic nitrogens is 2. The minimum Gasteiger partial charge on any atom is -0.354 e. The molecule has 4 rings (SSSR count). The lowest BCUT2D eigenvalue weighted by molar-refractivity contribution is 0.386. The van der Waals surface area contributed by atoms with Gasteiger partial charge in [0.25, 0.3) is 0 Å². The number of halogens is 2. The molecule has 1 aliphatic rings. The van der Waals surface area contributed by atoms with E-state index in [9.17, 15) is 12.8 Å². The Hall–Kier alpha value is -2.55. The summed E-state index contributed by atoms with van der Waals surface area (Å²) < 4.78 is 39.9. The molecule has 6 nitrogen and oxygen atoms in total. The van der Waals surface area contributed by atoms with Crippen molar-refractivity contribution in [2.75, 3.05) is 37.3 Å². The number of hydrogen-bond acceptors (Lipinski definition) is 5. The predicted molar refractivity (Wildman–Crippen MR) is 125 cm³/mol. The fraction of sp³-hybridized carbons (Fsp3) is 0.304. The maximum atomic E-state index is 14.6. The van der Waals surface area contributed by atoms with Crippen molar-refractivity contribution >= 4 is 27.4 Å². The number of aryl methyl sites for hydroxylation is 1. The van der Waals surface area contributed by atoms with Crippen molar-refractivity contribution < 1.29 is 12.8 Å². The zero-order valence-electron chi connectivity index (χ0n) is 17.9. The van der Waals surface area contributed by atoms with E-state index in [1.165, 1.54) is 16.6 Å². The van der Waals surface area contributed by atoms with Crippen molar-refractivity contribution in [2.45, 2.75) is 13.3 Å². The molecule has 0 spiro atoms. The van der Waals surface area contributed by atoms with Gasteiger partial charge in [0, 0.05) is 60.0 Å². The number of rotatable bonds is 5. The molecule has 0 saturated carbocycles. The second-order valence-corrected chi connectivity index (χ2v) is 10.2. The summed E-state index contributed by atoms with van der Waals surface area (Å²) in [6.45, 7) is 3.57. The molecule has 0 N–H and O–H groups in total. The van der Waals surface area contributed by atoms with E-state index in [0.717, 1.165) is 16.8 Å². The van der Waals surface area contributed by atoms with Gasteiger partial charge < -0.3 is 4.90 Å². The van der Waals surface area contributed by atoms with E-state index in [4.69, 9.17) is 21.6 Å². The Labute approximate surface area is 192 Å². The molecule has 2 aromatic carbocycles. The first-order valence-corrected chi connectivity index (χ1v) is 12.5. The van der Waals surface area contributed by atoms with E-state index >= 15 is 0 Å². The number of piperazine rings is 1. The summed E-state index contributed by atoms with van der Waals surface area (Å²) in [6.07, 6.45) is 1.46. The molecule has 1 aliphatic heterocycles. The number of nitrogens with zero attached hydrogens (tertiary/aromatic N) is 4. The van der Waals surface area contributed by atoms with Gasteiger partial charge in [-0.05, 0) is 19.1 Å². The quantitative estimate of drug-likeness (QED) is 0.560. The number of sulfonamides is 1. The Morgan fingerprint density at radius 3 is 2.28 bits per heavy atom. The van der Waals surface area contributed by atoms with Crippen LogP contribution in [-0.2, 0) is 16.4 Å². The largest absolute Gasteiger partial charge is 0.354 e. The summed E-state index contributed by atoms with van der Waals surface area (Å²) in [4.78, 5) is 11.6. The van der Waals surface area contributed by atoms with Gasteiger partial charge in [-0.25, -0.2) is 22.8 Å². The van der Waals surface area contributed by atoms with Crippen molar-refractivity contribution in [2.24, 2.45) is 0 Å². The average Bonchev–Trinajstić information content (AvgIpc) is 2.77. The van der Waals surface area contributed by atoms with Crippen LogP contribution in [0.15, 0.2) is 48.5 Å². The fourth-order valence-corrected chi connectivity index (χ4v) is 4.93. The van der Waals surface area contributed by atoms with Gasteiger partial charge in [-0.1, -0.05) is 48.0 Å². The van der Waals surface area contributed by atoms with Crippen LogP contribution < -0.4 is 4.90 Å². The first kappa shape index (κ1) is 22.6. The zero-order chi connectivity index (χ0) is 22.9. The highest BCUT2D eigenvalue weighted by atomic mass is 35.5. The van der Waals surface area contributed by atoms with Gasteiger partial charge in [-0.3, -0.25) is 0 Å². The molecule has 0 aliphatic carbocycles. The zero-order valence-corrected chi connectivity index (χ0v) is 19.5. The van der Waals surface area contributed by atoms with Crippen LogP contribution in [0.2, 0.25) is 5.02 Å². The summed E-state index contributed by atoms with van der Waals surface area (Å²) in [5.41, 5.74) is 2.79. The number of anilines is 1. The highest BCUT2D eigenvalue weighted by Crippen LogP contribution is 2.31. The van der Waals surface area contributed by atoms with Crippen molar-refractivity contribution in [1.29, 1.82) is 0 Å². The third kappa shape index (κ3) is 4.77. The average molecular weight is 475 g/mol. The molecular weight excluding hydrogens is 451 g/mol. The Morgan fingerprint density at radius 2 is 1.66 bits per heavy atom. The maximum Gasteiger partial charge on any atom is 0.211 e. The van der Waals surface area contributed by atoms with Gasteiger partial charge in [0.05, 0.1) is 6.26 Å². The van der Waals surface area contributed by atoms with Crippen LogP contribution in [0, 0.1) is 12.7 Å². The molecule has 1 aromatic heterocycles. The van der Waals surface area contributed by atoms with E-state index in [1.54, 1.807) is 12.1 Å². The van der Waals surface area contributed by atoms with Crippen LogP contribution in [0.5, 0.6) is 0 Å². The van der Waals surface area contributed by atoms with Crippen LogP contribution in [-0.4, -0.2) is 55.1 Å². The summed E-state index contributed by atoms with van der Waals surface area (Å²) >= 11 is 6.30. The Balaban J connectivity index is 1.77. The van der Waals surface area contributed by atoms with Gasteiger partial charge in [-0.15, -0.1) is 0 Å². The minimum absolute atomic E-state index is 0.244. The lowest BCUT2D eigenvalue weighted by Gasteiger charge is -2.35. The third-order valence-electron chi connectivity index (χ3n) is 5.65. The molecule has 168 valence electrons. The van der Waals surface area contributed by atoms with Gasteiger partial charge in [0.15, 0.2) is 5.82 Å². The molecule has 3 aromatic rings. The summed E-state index contributed by atoms with van der Waals surface area (Å²) in [5, 5.41) is 0.351. The van der Waals surface area contributed by atoms with E-state index in [2.05, 4.69) is 0 Å². The third-order valence-corrected chi connectivity index (χ3v) is 7.30. The molecule has 1 fully saturated rings. The molecular formula is C23H24ClFN4O2S. The van der Waals surface area contributed by atoms with Gasteiger partial charge >= 0.3 is 0 Å². The summed E-state index contributed by atoms with van der Waals surface area (Å²) in [6, 6.07) is 14.3. The molecule has 0 amide bonds. The van der Waals surface area contributed by atoms with Crippen LogP contribution in [0.25, 0.3) is 11.4 Å². The molecule has 0 atom stereocenters. The molecule has 0 unspecified atom stereocenters. The van der Waals surface area contributed by atoms with E-state index in [1.807, 2.05) is 42.2 Å². The smallest absolute Gasteiger partial charge is 0.211 e. The molecule has 0 radical (unpaired) electrons. The van der Waals surface area contributed by atoms with Crippen LogP contribution in [0.3, 0.4) is 0 Å². The number of hydrogen-bond donors (Lipinski definition) is 0. The maximum absolute atomic E-state index is 14.6. The van der Waals surface area contributed by atoms with Crippen molar-refractivity contribution in [3.63, 3.8) is 0 Å². The fourth-order valence-electron chi connectivity index (χ4n) is 3.88. The topological polar surface area (TPSA) is 66.4 Å².